The van der Waals surface area contributed by atoms with Crippen molar-refractivity contribution in [1.82, 2.24) is 0 Å². The summed E-state index contributed by atoms with van der Waals surface area (Å²) in [6.07, 6.45) is 7.67. The summed E-state index contributed by atoms with van der Waals surface area (Å²) in [7, 11) is 0. The molecule has 1 rings (SSSR count). The van der Waals surface area contributed by atoms with Crippen LogP contribution in [0.3, 0.4) is 0 Å². The van der Waals surface area contributed by atoms with Gasteiger partial charge in [0.05, 0.1) is 0 Å². The molecule has 1 aliphatic heterocycles. The minimum Gasteiger partial charge on any atom is -0.457 e. The molecule has 1 heterocycles. The highest BCUT2D eigenvalue weighted by molar-refractivity contribution is 5.51. The van der Waals surface area contributed by atoms with E-state index in [-0.39, 0.29) is 0 Å². The minimum absolute atomic E-state index is 0.889. The van der Waals surface area contributed by atoms with Crippen molar-refractivity contribution in [3.05, 3.63) is 0 Å². The maximum absolute atomic E-state index is 4.94. The first-order chi connectivity index (χ1) is 3.50. The van der Waals surface area contributed by atoms with E-state index in [0.717, 1.165) is 13.0 Å². The van der Waals surface area contributed by atoms with Crippen molar-refractivity contribution in [1.29, 1.82) is 0 Å². The quantitative estimate of drug-likeness (QED) is 0.318. The van der Waals surface area contributed by atoms with Crippen molar-refractivity contribution in [2.75, 3.05) is 6.61 Å². The summed E-state index contributed by atoms with van der Waals surface area (Å²) >= 11 is 0. The molecule has 40 valence electrons. The van der Waals surface area contributed by atoms with E-state index >= 15 is 0 Å². The van der Waals surface area contributed by atoms with E-state index in [4.69, 9.17) is 4.42 Å². The Bertz CT molecular complexity index is 58.6. The minimum atomic E-state index is 0.889. The molecular formula is C6H10O. The molecule has 0 radical (unpaired) electrons. The first-order valence-corrected chi connectivity index (χ1v) is 2.85. The smallest absolute Gasteiger partial charge is 0.218 e. The maximum Gasteiger partial charge on any atom is 0.218 e. The number of hydrogen-bond acceptors (Lipinski definition) is 0. The highest BCUT2D eigenvalue weighted by atomic mass is 16.4. The van der Waals surface area contributed by atoms with Crippen LogP contribution in [-0.4, -0.2) is 12.9 Å². The molecule has 0 aromatic rings. The molecule has 0 amide bonds. The zero-order chi connectivity index (χ0) is 4.95. The first kappa shape index (κ1) is 4.82. The van der Waals surface area contributed by atoms with Gasteiger partial charge in [-0.3, -0.25) is 0 Å². The van der Waals surface area contributed by atoms with E-state index in [0.29, 0.717) is 0 Å². The van der Waals surface area contributed by atoms with Gasteiger partial charge in [0.15, 0.2) is 0 Å². The van der Waals surface area contributed by atoms with Crippen LogP contribution in [0.5, 0.6) is 0 Å². The van der Waals surface area contributed by atoms with Crippen molar-refractivity contribution in [3.63, 3.8) is 0 Å². The summed E-state index contributed by atoms with van der Waals surface area (Å²) in [5.41, 5.74) is 0. The zero-order valence-corrected chi connectivity index (χ0v) is 4.44. The third-order valence-corrected chi connectivity index (χ3v) is 1.13. The summed E-state index contributed by atoms with van der Waals surface area (Å²) < 4.78 is 4.94. The summed E-state index contributed by atoms with van der Waals surface area (Å²) in [5.74, 6) is 0. The molecular weight excluding hydrogens is 88.1 g/mol. The average molecular weight is 98.1 g/mol. The van der Waals surface area contributed by atoms with Gasteiger partial charge in [0.2, 0.25) is 6.61 Å². The molecule has 0 aromatic carbocycles. The molecule has 0 saturated heterocycles. The van der Waals surface area contributed by atoms with Gasteiger partial charge in [-0.2, -0.15) is 0 Å². The van der Waals surface area contributed by atoms with E-state index in [2.05, 4.69) is 6.29 Å². The van der Waals surface area contributed by atoms with Crippen molar-refractivity contribution in [3.8, 4) is 0 Å². The Hall–Kier alpha value is -0.330. The van der Waals surface area contributed by atoms with E-state index in [1.807, 2.05) is 0 Å². The first-order valence-electron chi connectivity index (χ1n) is 2.85. The Morgan fingerprint density at radius 2 is 2.14 bits per heavy atom. The number of hydrogen-bond donors (Lipinski definition) is 0. The topological polar surface area (TPSA) is 11.3 Å². The molecule has 0 unspecified atom stereocenters. The standard InChI is InChI=1S/C6H10O/c1-2-4-6-7-5-3-1/h1-5H2. The largest absolute Gasteiger partial charge is 0.457 e. The molecule has 1 nitrogen and oxygen atoms in total. The van der Waals surface area contributed by atoms with Gasteiger partial charge in [0.1, 0.15) is 0 Å². The lowest BCUT2D eigenvalue weighted by molar-refractivity contribution is 0.107. The van der Waals surface area contributed by atoms with Crippen LogP contribution in [0.1, 0.15) is 25.7 Å². The third kappa shape index (κ3) is 1.72. The lowest BCUT2D eigenvalue weighted by atomic mass is 10.2. The number of carbonyl (C=O) groups excluding carboxylic acids is 1. The van der Waals surface area contributed by atoms with Gasteiger partial charge in [-0.25, -0.2) is 0 Å². The van der Waals surface area contributed by atoms with Crippen molar-refractivity contribution in [2.24, 2.45) is 0 Å². The Labute approximate surface area is 44.0 Å². The second kappa shape index (κ2) is 2.78. The van der Waals surface area contributed by atoms with Crippen molar-refractivity contribution < 1.29 is 4.42 Å². The molecule has 0 bridgehead atoms. The lowest BCUT2D eigenvalue weighted by Crippen LogP contribution is -1.78. The fourth-order valence-electron chi connectivity index (χ4n) is 0.693. The SMILES string of the molecule is [C-]1=[O+]CCCCC1. The van der Waals surface area contributed by atoms with Gasteiger partial charge < -0.3 is 4.42 Å². The van der Waals surface area contributed by atoms with Gasteiger partial charge in [0.25, 0.3) is 0 Å². The monoisotopic (exact) mass is 98.1 g/mol. The van der Waals surface area contributed by atoms with Crippen molar-refractivity contribution >= 4 is 6.29 Å². The average Bonchev–Trinajstić information content (AvgIpc) is 1.90. The molecule has 1 heteroatoms. The highest BCUT2D eigenvalue weighted by Gasteiger charge is 1.91. The van der Waals surface area contributed by atoms with Crippen LogP contribution in [0.25, 0.3) is 0 Å². The van der Waals surface area contributed by atoms with Crippen LogP contribution in [0, 0.1) is 0 Å². The molecule has 0 atom stereocenters. The zero-order valence-electron chi connectivity index (χ0n) is 4.44. The van der Waals surface area contributed by atoms with Crippen LogP contribution in [-0.2, 0) is 4.42 Å². The van der Waals surface area contributed by atoms with E-state index in [1.165, 1.54) is 19.3 Å². The van der Waals surface area contributed by atoms with Crippen LogP contribution < -0.4 is 0 Å². The van der Waals surface area contributed by atoms with Gasteiger partial charge in [-0.1, -0.05) is 6.42 Å². The Morgan fingerprint density at radius 3 is 3.14 bits per heavy atom. The van der Waals surface area contributed by atoms with Gasteiger partial charge in [0, 0.05) is 6.42 Å². The molecule has 0 saturated carbocycles. The molecule has 0 aromatic heterocycles. The van der Waals surface area contributed by atoms with Crippen LogP contribution in [0.15, 0.2) is 0 Å². The van der Waals surface area contributed by atoms with Crippen LogP contribution >= 0.6 is 0 Å². The van der Waals surface area contributed by atoms with Gasteiger partial charge in [-0.15, -0.1) is 6.42 Å². The van der Waals surface area contributed by atoms with Gasteiger partial charge in [-0.05, 0) is 12.7 Å². The molecule has 7 heavy (non-hydrogen) atoms. The predicted molar refractivity (Wildman–Crippen MR) is 29.0 cm³/mol. The molecule has 1 aliphatic rings. The van der Waals surface area contributed by atoms with Gasteiger partial charge >= 0.3 is 0 Å². The third-order valence-electron chi connectivity index (χ3n) is 1.13. The second-order valence-corrected chi connectivity index (χ2v) is 1.80. The molecule has 0 fully saturated rings. The Morgan fingerprint density at radius 1 is 1.14 bits per heavy atom. The fourth-order valence-corrected chi connectivity index (χ4v) is 0.693. The summed E-state index contributed by atoms with van der Waals surface area (Å²) in [6, 6.07) is 0. The molecule has 0 spiro atoms. The number of rotatable bonds is 0. The fraction of sp³-hybridized carbons (Fsp3) is 0.833. The molecule has 0 aliphatic carbocycles. The summed E-state index contributed by atoms with van der Waals surface area (Å²) in [5, 5.41) is 0. The lowest BCUT2D eigenvalue weighted by Gasteiger charge is -1.84. The second-order valence-electron chi connectivity index (χ2n) is 1.80. The summed E-state index contributed by atoms with van der Waals surface area (Å²) in [6.45, 7) is 0.889. The normalized spacial score (nSPS) is 21.7. The Kier molecular flexibility index (Phi) is 1.91. The van der Waals surface area contributed by atoms with E-state index in [9.17, 15) is 0 Å². The maximum atomic E-state index is 4.94. The highest BCUT2D eigenvalue weighted by Crippen LogP contribution is 1.99. The van der Waals surface area contributed by atoms with Crippen LogP contribution in [0.2, 0.25) is 0 Å². The van der Waals surface area contributed by atoms with Crippen molar-refractivity contribution in [2.45, 2.75) is 25.7 Å². The summed E-state index contributed by atoms with van der Waals surface area (Å²) in [4.78, 5) is 0. The Balaban J connectivity index is 2.20. The van der Waals surface area contributed by atoms with E-state index in [1.54, 1.807) is 0 Å². The predicted octanol–water partition coefficient (Wildman–Crippen LogP) is 1.21. The van der Waals surface area contributed by atoms with Crippen LogP contribution in [0.4, 0.5) is 0 Å². The molecule has 0 N–H and O–H groups in total. The van der Waals surface area contributed by atoms with E-state index < -0.39 is 0 Å².